The summed E-state index contributed by atoms with van der Waals surface area (Å²) in [6.45, 7) is 7.89. The molecule has 1 aromatic carbocycles. The van der Waals surface area contributed by atoms with Crippen LogP contribution in [0.2, 0.25) is 0 Å². The van der Waals surface area contributed by atoms with Crippen molar-refractivity contribution >= 4 is 0 Å². The van der Waals surface area contributed by atoms with Gasteiger partial charge >= 0.3 is 0 Å². The van der Waals surface area contributed by atoms with E-state index in [0.29, 0.717) is 17.6 Å². The molecule has 4 heteroatoms. The number of benzene rings is 1. The summed E-state index contributed by atoms with van der Waals surface area (Å²) in [6, 6.07) is 5.26. The summed E-state index contributed by atoms with van der Waals surface area (Å²) in [4.78, 5) is 2.42. The van der Waals surface area contributed by atoms with Gasteiger partial charge < -0.3 is 5.32 Å². The number of nitrogens with one attached hydrogen (secondary N) is 1. The van der Waals surface area contributed by atoms with E-state index in [-0.39, 0.29) is 6.04 Å². The van der Waals surface area contributed by atoms with Crippen molar-refractivity contribution in [2.75, 3.05) is 13.1 Å². The third kappa shape index (κ3) is 3.80. The van der Waals surface area contributed by atoms with Crippen LogP contribution in [0.5, 0.6) is 0 Å². The zero-order chi connectivity index (χ0) is 15.4. The molecule has 0 aromatic heterocycles. The second-order valence-electron chi connectivity index (χ2n) is 6.08. The zero-order valence-corrected chi connectivity index (χ0v) is 13.2. The minimum Gasteiger partial charge on any atom is -0.309 e. The highest BCUT2D eigenvalue weighted by molar-refractivity contribution is 5.23. The molecule has 1 saturated heterocycles. The van der Waals surface area contributed by atoms with Gasteiger partial charge in [0, 0.05) is 30.2 Å². The van der Waals surface area contributed by atoms with Crippen LogP contribution >= 0.6 is 0 Å². The van der Waals surface area contributed by atoms with Crippen molar-refractivity contribution in [3.8, 4) is 0 Å². The van der Waals surface area contributed by atoms with Gasteiger partial charge in [-0.05, 0) is 39.3 Å². The Morgan fingerprint density at radius 2 is 1.90 bits per heavy atom. The summed E-state index contributed by atoms with van der Waals surface area (Å²) in [6.07, 6.45) is 3.60. The fourth-order valence-corrected chi connectivity index (χ4v) is 3.35. The molecule has 1 aliphatic rings. The van der Waals surface area contributed by atoms with Crippen LogP contribution in [0.25, 0.3) is 0 Å². The molecule has 0 aliphatic carbocycles. The molecule has 0 spiro atoms. The van der Waals surface area contributed by atoms with Crippen molar-refractivity contribution in [1.29, 1.82) is 0 Å². The van der Waals surface area contributed by atoms with E-state index >= 15 is 0 Å². The molecule has 1 N–H and O–H groups in total. The van der Waals surface area contributed by atoms with E-state index in [9.17, 15) is 8.78 Å². The monoisotopic (exact) mass is 296 g/mol. The van der Waals surface area contributed by atoms with Crippen molar-refractivity contribution in [3.05, 3.63) is 35.4 Å². The normalized spacial score (nSPS) is 25.0. The van der Waals surface area contributed by atoms with E-state index in [1.54, 1.807) is 12.1 Å². The molecule has 3 atom stereocenters. The predicted molar refractivity (Wildman–Crippen MR) is 82.3 cm³/mol. The maximum atomic E-state index is 14.1. The van der Waals surface area contributed by atoms with Gasteiger partial charge in [-0.25, -0.2) is 8.78 Å². The van der Waals surface area contributed by atoms with Gasteiger partial charge in [-0.1, -0.05) is 25.5 Å². The van der Waals surface area contributed by atoms with Crippen molar-refractivity contribution in [1.82, 2.24) is 10.2 Å². The Morgan fingerprint density at radius 3 is 2.52 bits per heavy atom. The molecule has 118 valence electrons. The van der Waals surface area contributed by atoms with Crippen molar-refractivity contribution in [3.63, 3.8) is 0 Å². The molecular weight excluding hydrogens is 270 g/mol. The van der Waals surface area contributed by atoms with E-state index in [1.807, 2.05) is 6.92 Å². The standard InChI is InChI=1S/C17H26F2N2/c1-4-20-16(14-9-6-10-15(18)17(14)19)11-21-12(2)7-5-8-13(21)3/h6,9-10,12-13,16,20H,4-5,7-8,11H2,1-3H3/t12-,13+,16?. The first-order valence-corrected chi connectivity index (χ1v) is 7.97. The van der Waals surface area contributed by atoms with Gasteiger partial charge in [0.05, 0.1) is 0 Å². The number of piperidine rings is 1. The predicted octanol–water partition coefficient (Wildman–Crippen LogP) is 3.88. The molecule has 1 aliphatic heterocycles. The summed E-state index contributed by atoms with van der Waals surface area (Å²) in [5.41, 5.74) is 0.432. The summed E-state index contributed by atoms with van der Waals surface area (Å²) in [5.74, 6) is -1.49. The highest BCUT2D eigenvalue weighted by Gasteiger charge is 2.28. The smallest absolute Gasteiger partial charge is 0.163 e. The summed E-state index contributed by atoms with van der Waals surface area (Å²) in [5, 5.41) is 3.31. The lowest BCUT2D eigenvalue weighted by Gasteiger charge is -2.41. The molecule has 0 radical (unpaired) electrons. The first-order valence-electron chi connectivity index (χ1n) is 7.97. The van der Waals surface area contributed by atoms with Gasteiger partial charge in [-0.3, -0.25) is 4.90 Å². The third-order valence-corrected chi connectivity index (χ3v) is 4.58. The quantitative estimate of drug-likeness (QED) is 0.887. The van der Waals surface area contributed by atoms with Crippen molar-refractivity contribution in [2.45, 2.75) is 58.2 Å². The van der Waals surface area contributed by atoms with Gasteiger partial charge in [-0.2, -0.15) is 0 Å². The van der Waals surface area contributed by atoms with Gasteiger partial charge in [0.25, 0.3) is 0 Å². The molecule has 1 unspecified atom stereocenters. The lowest BCUT2D eigenvalue weighted by molar-refractivity contribution is 0.0904. The van der Waals surface area contributed by atoms with Gasteiger partial charge in [0.15, 0.2) is 11.6 Å². The van der Waals surface area contributed by atoms with Crippen molar-refractivity contribution < 1.29 is 8.78 Å². The first kappa shape index (κ1) is 16.4. The van der Waals surface area contributed by atoms with Gasteiger partial charge in [0.1, 0.15) is 0 Å². The summed E-state index contributed by atoms with van der Waals surface area (Å²) < 4.78 is 27.6. The lowest BCUT2D eigenvalue weighted by atomic mass is 9.95. The van der Waals surface area contributed by atoms with Crippen LogP contribution in [-0.2, 0) is 0 Å². The second kappa shape index (κ2) is 7.32. The van der Waals surface area contributed by atoms with Crippen LogP contribution in [0.1, 0.15) is 51.6 Å². The number of nitrogens with zero attached hydrogens (tertiary/aromatic N) is 1. The molecule has 2 rings (SSSR count). The summed E-state index contributed by atoms with van der Waals surface area (Å²) >= 11 is 0. The maximum absolute atomic E-state index is 14.1. The average molecular weight is 296 g/mol. The number of hydrogen-bond acceptors (Lipinski definition) is 2. The number of likely N-dealkylation sites (tertiary alicyclic amines) is 1. The number of halogens is 2. The first-order chi connectivity index (χ1) is 10.0. The van der Waals surface area contributed by atoms with Crippen LogP contribution in [0, 0.1) is 11.6 Å². The Balaban J connectivity index is 2.20. The molecule has 0 bridgehead atoms. The van der Waals surface area contributed by atoms with E-state index in [2.05, 4.69) is 24.1 Å². The molecule has 0 saturated carbocycles. The number of likely N-dealkylation sites (N-methyl/N-ethyl adjacent to an activating group) is 1. The van der Waals surface area contributed by atoms with Crippen LogP contribution in [0.4, 0.5) is 8.78 Å². The lowest BCUT2D eigenvalue weighted by Crippen LogP contribution is -2.47. The topological polar surface area (TPSA) is 15.3 Å². The minimum absolute atomic E-state index is 0.173. The number of hydrogen-bond donors (Lipinski definition) is 1. The third-order valence-electron chi connectivity index (χ3n) is 4.58. The van der Waals surface area contributed by atoms with Crippen LogP contribution in [0.3, 0.4) is 0 Å². The van der Waals surface area contributed by atoms with Crippen LogP contribution < -0.4 is 5.32 Å². The highest BCUT2D eigenvalue weighted by atomic mass is 19.2. The number of rotatable bonds is 5. The molecule has 0 amide bonds. The Hall–Kier alpha value is -1.00. The van der Waals surface area contributed by atoms with E-state index in [1.165, 1.54) is 25.3 Å². The highest BCUT2D eigenvalue weighted by Crippen LogP contribution is 2.27. The average Bonchev–Trinajstić information content (AvgIpc) is 2.45. The SMILES string of the molecule is CCNC(CN1[C@H](C)CCC[C@@H]1C)c1cccc(F)c1F. The summed E-state index contributed by atoms with van der Waals surface area (Å²) in [7, 11) is 0. The zero-order valence-electron chi connectivity index (χ0n) is 13.2. The van der Waals surface area contributed by atoms with Crippen LogP contribution in [0.15, 0.2) is 18.2 Å². The van der Waals surface area contributed by atoms with E-state index < -0.39 is 11.6 Å². The maximum Gasteiger partial charge on any atom is 0.163 e. The molecule has 1 fully saturated rings. The van der Waals surface area contributed by atoms with E-state index in [4.69, 9.17) is 0 Å². The van der Waals surface area contributed by atoms with E-state index in [0.717, 1.165) is 13.1 Å². The fraction of sp³-hybridized carbons (Fsp3) is 0.647. The van der Waals surface area contributed by atoms with Gasteiger partial charge in [-0.15, -0.1) is 0 Å². The second-order valence-corrected chi connectivity index (χ2v) is 6.08. The minimum atomic E-state index is -0.768. The Bertz CT molecular complexity index is 454. The molecule has 2 nitrogen and oxygen atoms in total. The fourth-order valence-electron chi connectivity index (χ4n) is 3.35. The van der Waals surface area contributed by atoms with Crippen molar-refractivity contribution in [2.24, 2.45) is 0 Å². The Kier molecular flexibility index (Phi) is 5.71. The largest absolute Gasteiger partial charge is 0.309 e. The molecule has 21 heavy (non-hydrogen) atoms. The molecule has 1 aromatic rings. The van der Waals surface area contributed by atoms with Gasteiger partial charge in [0.2, 0.25) is 0 Å². The Labute approximate surface area is 126 Å². The molecular formula is C17H26F2N2. The molecule has 1 heterocycles. The Morgan fingerprint density at radius 1 is 1.24 bits per heavy atom. The van der Waals surface area contributed by atoms with Crippen LogP contribution in [-0.4, -0.2) is 30.1 Å².